The van der Waals surface area contributed by atoms with Gasteiger partial charge in [0, 0.05) is 18.2 Å². The highest BCUT2D eigenvalue weighted by Gasteiger charge is 2.09. The second-order valence-corrected chi connectivity index (χ2v) is 4.00. The number of ether oxygens (including phenoxy) is 1. The predicted molar refractivity (Wildman–Crippen MR) is 60.8 cm³/mol. The van der Waals surface area contributed by atoms with Gasteiger partial charge in [0.2, 0.25) is 0 Å². The molecule has 1 rings (SSSR count). The first kappa shape index (κ1) is 11.3. The van der Waals surface area contributed by atoms with E-state index in [1.807, 2.05) is 13.8 Å². The summed E-state index contributed by atoms with van der Waals surface area (Å²) in [6.45, 7) is 7.48. The van der Waals surface area contributed by atoms with Crippen molar-refractivity contribution >= 4 is 22.4 Å². The molecule has 1 atom stereocenters. The fraction of sp³-hybridized carbons (Fsp3) is 0.667. The Hall–Kier alpha value is -0.810. The van der Waals surface area contributed by atoms with Crippen molar-refractivity contribution in [3.05, 3.63) is 5.56 Å². The van der Waals surface area contributed by atoms with Gasteiger partial charge in [-0.05, 0) is 32.3 Å². The monoisotopic (exact) mass is 215 g/mol. The molecular formula is C9H17N3OS. The van der Waals surface area contributed by atoms with Crippen molar-refractivity contribution in [3.63, 3.8) is 0 Å². The van der Waals surface area contributed by atoms with E-state index < -0.39 is 0 Å². The van der Waals surface area contributed by atoms with Gasteiger partial charge in [-0.15, -0.1) is 0 Å². The summed E-state index contributed by atoms with van der Waals surface area (Å²) >= 11 is 1.40. The Morgan fingerprint density at radius 2 is 2.36 bits per heavy atom. The van der Waals surface area contributed by atoms with Gasteiger partial charge in [-0.1, -0.05) is 0 Å². The molecule has 0 fully saturated rings. The molecule has 5 heteroatoms. The van der Waals surface area contributed by atoms with Crippen LogP contribution in [0.4, 0.5) is 10.8 Å². The molecule has 0 aromatic carbocycles. The first-order chi connectivity index (χ1) is 6.65. The molecule has 0 saturated carbocycles. The highest BCUT2D eigenvalue weighted by Crippen LogP contribution is 2.25. The smallest absolute Gasteiger partial charge is 0.142 e. The third-order valence-electron chi connectivity index (χ3n) is 1.91. The zero-order chi connectivity index (χ0) is 10.6. The summed E-state index contributed by atoms with van der Waals surface area (Å²) in [5, 5.41) is 4.35. The van der Waals surface area contributed by atoms with E-state index in [0.29, 0.717) is 12.4 Å². The van der Waals surface area contributed by atoms with E-state index in [9.17, 15) is 0 Å². The number of hydrogen-bond donors (Lipinski definition) is 2. The number of nitrogen functional groups attached to an aromatic ring is 1. The lowest BCUT2D eigenvalue weighted by Crippen LogP contribution is -2.21. The molecule has 1 heterocycles. The first-order valence-electron chi connectivity index (χ1n) is 4.71. The Labute approximate surface area is 88.6 Å². The average Bonchev–Trinajstić information content (AvgIpc) is 2.46. The van der Waals surface area contributed by atoms with Crippen LogP contribution in [-0.4, -0.2) is 23.6 Å². The minimum Gasteiger partial charge on any atom is -0.383 e. The Balaban J connectivity index is 2.47. The summed E-state index contributed by atoms with van der Waals surface area (Å²) in [6.07, 6.45) is 0. The second-order valence-electron chi connectivity index (χ2n) is 3.23. The molecule has 0 bridgehead atoms. The molecule has 1 unspecified atom stereocenters. The molecule has 1 aromatic rings. The number of rotatable bonds is 5. The molecule has 0 amide bonds. The van der Waals surface area contributed by atoms with Crippen molar-refractivity contribution in [3.8, 4) is 0 Å². The highest BCUT2D eigenvalue weighted by atomic mass is 32.1. The SMILES string of the molecule is CCOCC(C)Nc1snc(N)c1C. The Morgan fingerprint density at radius 1 is 1.64 bits per heavy atom. The molecule has 0 aliphatic carbocycles. The topological polar surface area (TPSA) is 60.2 Å². The maximum Gasteiger partial charge on any atom is 0.142 e. The summed E-state index contributed by atoms with van der Waals surface area (Å²) in [6, 6.07) is 0.286. The predicted octanol–water partition coefficient (Wildman–Crippen LogP) is 1.87. The minimum absolute atomic E-state index is 0.286. The summed E-state index contributed by atoms with van der Waals surface area (Å²) < 4.78 is 9.37. The molecule has 0 aliphatic heterocycles. The normalized spacial score (nSPS) is 12.8. The van der Waals surface area contributed by atoms with Crippen LogP contribution < -0.4 is 11.1 Å². The van der Waals surface area contributed by atoms with Crippen molar-refractivity contribution < 1.29 is 4.74 Å². The van der Waals surface area contributed by atoms with Gasteiger partial charge < -0.3 is 15.8 Å². The molecule has 0 spiro atoms. The van der Waals surface area contributed by atoms with E-state index >= 15 is 0 Å². The zero-order valence-electron chi connectivity index (χ0n) is 8.83. The van der Waals surface area contributed by atoms with Crippen molar-refractivity contribution in [2.45, 2.75) is 26.8 Å². The number of aromatic nitrogens is 1. The number of anilines is 2. The van der Waals surface area contributed by atoms with Gasteiger partial charge >= 0.3 is 0 Å². The van der Waals surface area contributed by atoms with Crippen LogP contribution in [0.1, 0.15) is 19.4 Å². The molecule has 1 aromatic heterocycles. The molecule has 3 N–H and O–H groups in total. The van der Waals surface area contributed by atoms with E-state index in [-0.39, 0.29) is 6.04 Å². The third-order valence-corrected chi connectivity index (χ3v) is 2.80. The molecule has 0 radical (unpaired) electrons. The van der Waals surface area contributed by atoms with Crippen LogP contribution in [0.3, 0.4) is 0 Å². The van der Waals surface area contributed by atoms with E-state index in [4.69, 9.17) is 10.5 Å². The molecule has 0 aliphatic rings. The van der Waals surface area contributed by atoms with Gasteiger partial charge in [-0.2, -0.15) is 4.37 Å². The van der Waals surface area contributed by atoms with Crippen LogP contribution >= 0.6 is 11.5 Å². The number of nitrogens with zero attached hydrogens (tertiary/aromatic N) is 1. The second kappa shape index (κ2) is 5.17. The van der Waals surface area contributed by atoms with E-state index in [1.165, 1.54) is 11.5 Å². The summed E-state index contributed by atoms with van der Waals surface area (Å²) in [5.74, 6) is 0.612. The van der Waals surface area contributed by atoms with Crippen LogP contribution in [0, 0.1) is 6.92 Å². The maximum atomic E-state index is 5.64. The number of nitrogens with one attached hydrogen (secondary N) is 1. The molecule has 0 saturated heterocycles. The fourth-order valence-electron chi connectivity index (χ4n) is 1.04. The van der Waals surface area contributed by atoms with Crippen LogP contribution in [-0.2, 0) is 4.74 Å². The van der Waals surface area contributed by atoms with Crippen molar-refractivity contribution in [2.75, 3.05) is 24.3 Å². The summed E-state index contributed by atoms with van der Waals surface area (Å²) in [4.78, 5) is 0. The third kappa shape index (κ3) is 2.85. The lowest BCUT2D eigenvalue weighted by atomic mass is 10.3. The van der Waals surface area contributed by atoms with Crippen LogP contribution in [0.15, 0.2) is 0 Å². The number of nitrogens with two attached hydrogens (primary N) is 1. The summed E-state index contributed by atoms with van der Waals surface area (Å²) in [7, 11) is 0. The summed E-state index contributed by atoms with van der Waals surface area (Å²) in [5.41, 5.74) is 6.67. The zero-order valence-corrected chi connectivity index (χ0v) is 9.65. The van der Waals surface area contributed by atoms with Crippen LogP contribution in [0.25, 0.3) is 0 Å². The Morgan fingerprint density at radius 3 is 2.86 bits per heavy atom. The quantitative estimate of drug-likeness (QED) is 0.787. The van der Waals surface area contributed by atoms with Gasteiger partial charge in [-0.25, -0.2) is 0 Å². The Kier molecular flexibility index (Phi) is 4.16. The van der Waals surface area contributed by atoms with Gasteiger partial charge in [0.15, 0.2) is 0 Å². The molecule has 14 heavy (non-hydrogen) atoms. The van der Waals surface area contributed by atoms with Crippen molar-refractivity contribution in [1.29, 1.82) is 0 Å². The van der Waals surface area contributed by atoms with Crippen molar-refractivity contribution in [1.82, 2.24) is 4.37 Å². The van der Waals surface area contributed by atoms with Crippen molar-refractivity contribution in [2.24, 2.45) is 0 Å². The molecule has 4 nitrogen and oxygen atoms in total. The minimum atomic E-state index is 0.286. The largest absolute Gasteiger partial charge is 0.383 e. The van der Waals surface area contributed by atoms with E-state index in [0.717, 1.165) is 17.2 Å². The van der Waals surface area contributed by atoms with Gasteiger partial charge in [0.1, 0.15) is 10.8 Å². The van der Waals surface area contributed by atoms with Gasteiger partial charge in [0.25, 0.3) is 0 Å². The average molecular weight is 215 g/mol. The highest BCUT2D eigenvalue weighted by molar-refractivity contribution is 7.10. The lowest BCUT2D eigenvalue weighted by molar-refractivity contribution is 0.141. The Bertz CT molecular complexity index is 288. The standard InChI is InChI=1S/C9H17N3OS/c1-4-13-5-6(2)11-9-7(3)8(10)12-14-9/h6,11H,4-5H2,1-3H3,(H2,10,12). The molecule has 80 valence electrons. The maximum absolute atomic E-state index is 5.64. The first-order valence-corrected chi connectivity index (χ1v) is 5.48. The number of hydrogen-bond acceptors (Lipinski definition) is 5. The van der Waals surface area contributed by atoms with Gasteiger partial charge in [0.05, 0.1) is 6.61 Å². The molecular weight excluding hydrogens is 198 g/mol. The van der Waals surface area contributed by atoms with E-state index in [1.54, 1.807) is 0 Å². The van der Waals surface area contributed by atoms with E-state index in [2.05, 4.69) is 16.6 Å². The van der Waals surface area contributed by atoms with Gasteiger partial charge in [-0.3, -0.25) is 0 Å². The fourth-order valence-corrected chi connectivity index (χ4v) is 1.86. The lowest BCUT2D eigenvalue weighted by Gasteiger charge is -2.13. The van der Waals surface area contributed by atoms with Crippen LogP contribution in [0.5, 0.6) is 0 Å². The van der Waals surface area contributed by atoms with Crippen LogP contribution in [0.2, 0.25) is 0 Å².